The zero-order valence-corrected chi connectivity index (χ0v) is 16.7. The summed E-state index contributed by atoms with van der Waals surface area (Å²) >= 11 is 0. The molecule has 0 radical (unpaired) electrons. The lowest BCUT2D eigenvalue weighted by atomic mass is 9.78. The molecule has 0 aromatic heterocycles. The number of hydrogen-bond donors (Lipinski definition) is 0. The highest BCUT2D eigenvalue weighted by molar-refractivity contribution is 7.89. The Labute approximate surface area is 164 Å². The molecular weight excluding hydrogens is 386 g/mol. The van der Waals surface area contributed by atoms with Crippen molar-refractivity contribution in [2.75, 3.05) is 13.1 Å². The normalized spacial score (nSPS) is 24.2. The minimum absolute atomic E-state index is 0.180. The first kappa shape index (κ1) is 19.8. The molecule has 1 amide bonds. The van der Waals surface area contributed by atoms with Gasteiger partial charge in [0.1, 0.15) is 11.6 Å². The number of nitrogens with zero attached hydrogens (tertiary/aromatic N) is 2. The predicted octanol–water partition coefficient (Wildman–Crippen LogP) is 3.44. The van der Waals surface area contributed by atoms with Gasteiger partial charge in [-0.1, -0.05) is 32.1 Å². The Morgan fingerprint density at radius 1 is 0.929 bits per heavy atom. The molecule has 2 aliphatic carbocycles. The highest BCUT2D eigenvalue weighted by Crippen LogP contribution is 2.42. The van der Waals surface area contributed by atoms with E-state index in [9.17, 15) is 22.0 Å². The van der Waals surface area contributed by atoms with E-state index in [0.29, 0.717) is 6.07 Å². The van der Waals surface area contributed by atoms with E-state index >= 15 is 0 Å². The van der Waals surface area contributed by atoms with E-state index in [0.717, 1.165) is 74.2 Å². The number of piperazine rings is 1. The van der Waals surface area contributed by atoms with Gasteiger partial charge >= 0.3 is 0 Å². The minimum Gasteiger partial charge on any atom is -0.332 e. The number of amides is 1. The van der Waals surface area contributed by atoms with E-state index in [2.05, 4.69) is 0 Å². The number of hydrogen-bond acceptors (Lipinski definition) is 3. The molecule has 3 fully saturated rings. The molecule has 0 N–H and O–H groups in total. The third-order valence-corrected chi connectivity index (χ3v) is 8.28. The SMILES string of the molecule is O=C1CN(S(=O)(=O)c2cc(F)cc(F)c2)CC2(CCCCC2)N1C1CCCC1. The molecule has 0 bridgehead atoms. The monoisotopic (exact) mass is 412 g/mol. The molecule has 1 saturated heterocycles. The van der Waals surface area contributed by atoms with Crippen LogP contribution < -0.4 is 0 Å². The predicted molar refractivity (Wildman–Crippen MR) is 100 cm³/mol. The third kappa shape index (κ3) is 3.45. The van der Waals surface area contributed by atoms with E-state index in [4.69, 9.17) is 0 Å². The molecule has 0 unspecified atom stereocenters. The quantitative estimate of drug-likeness (QED) is 0.764. The molecule has 8 heteroatoms. The third-order valence-electron chi connectivity index (χ3n) is 6.51. The van der Waals surface area contributed by atoms with Crippen LogP contribution in [0.15, 0.2) is 23.1 Å². The van der Waals surface area contributed by atoms with E-state index in [1.807, 2.05) is 4.90 Å². The van der Waals surface area contributed by atoms with Gasteiger partial charge in [-0.3, -0.25) is 4.79 Å². The van der Waals surface area contributed by atoms with Crippen molar-refractivity contribution in [2.45, 2.75) is 74.3 Å². The summed E-state index contributed by atoms with van der Waals surface area (Å²) in [5, 5.41) is 0. The van der Waals surface area contributed by atoms with Gasteiger partial charge in [0.25, 0.3) is 0 Å². The van der Waals surface area contributed by atoms with E-state index in [1.165, 1.54) is 0 Å². The second-order valence-electron chi connectivity index (χ2n) is 8.37. The molecule has 1 aromatic rings. The number of benzene rings is 1. The van der Waals surface area contributed by atoms with Crippen LogP contribution in [0, 0.1) is 11.6 Å². The summed E-state index contributed by atoms with van der Waals surface area (Å²) in [5.41, 5.74) is -0.498. The lowest BCUT2D eigenvalue weighted by Crippen LogP contribution is -2.68. The second-order valence-corrected chi connectivity index (χ2v) is 10.3. The number of sulfonamides is 1. The number of carbonyl (C=O) groups is 1. The first-order valence-electron chi connectivity index (χ1n) is 10.1. The van der Waals surface area contributed by atoms with Crippen LogP contribution in [0.1, 0.15) is 57.8 Å². The van der Waals surface area contributed by atoms with Crippen molar-refractivity contribution < 1.29 is 22.0 Å². The fourth-order valence-electron chi connectivity index (χ4n) is 5.31. The highest BCUT2D eigenvalue weighted by atomic mass is 32.2. The molecule has 4 rings (SSSR count). The highest BCUT2D eigenvalue weighted by Gasteiger charge is 2.51. The summed E-state index contributed by atoms with van der Waals surface area (Å²) < 4.78 is 54.6. The van der Waals surface area contributed by atoms with Crippen LogP contribution >= 0.6 is 0 Å². The van der Waals surface area contributed by atoms with Crippen LogP contribution in [-0.2, 0) is 14.8 Å². The van der Waals surface area contributed by atoms with Gasteiger partial charge in [0, 0.05) is 18.7 Å². The molecule has 28 heavy (non-hydrogen) atoms. The van der Waals surface area contributed by atoms with Crippen molar-refractivity contribution in [1.29, 1.82) is 0 Å². The summed E-state index contributed by atoms with van der Waals surface area (Å²) in [6, 6.07) is 2.46. The Hall–Kier alpha value is -1.54. The van der Waals surface area contributed by atoms with Gasteiger partial charge < -0.3 is 4.90 Å². The van der Waals surface area contributed by atoms with Crippen molar-refractivity contribution >= 4 is 15.9 Å². The maximum Gasteiger partial charge on any atom is 0.243 e. The summed E-state index contributed by atoms with van der Waals surface area (Å²) in [7, 11) is -4.16. The van der Waals surface area contributed by atoms with Gasteiger partial charge in [0.2, 0.25) is 15.9 Å². The maximum absolute atomic E-state index is 13.6. The Morgan fingerprint density at radius 2 is 1.54 bits per heavy atom. The van der Waals surface area contributed by atoms with Crippen LogP contribution in [-0.4, -0.2) is 48.2 Å². The zero-order valence-electron chi connectivity index (χ0n) is 15.9. The summed E-state index contributed by atoms with van der Waals surface area (Å²) in [4.78, 5) is 14.7. The second kappa shape index (κ2) is 7.37. The molecule has 2 saturated carbocycles. The van der Waals surface area contributed by atoms with Crippen LogP contribution in [0.3, 0.4) is 0 Å². The molecule has 5 nitrogen and oxygen atoms in total. The molecule has 1 aliphatic heterocycles. The molecule has 3 aliphatic rings. The summed E-state index contributed by atoms with van der Waals surface area (Å²) in [6.07, 6.45) is 8.67. The first-order chi connectivity index (χ1) is 13.3. The van der Waals surface area contributed by atoms with Crippen molar-refractivity contribution in [3.63, 3.8) is 0 Å². The topological polar surface area (TPSA) is 57.7 Å². The van der Waals surface area contributed by atoms with Gasteiger partial charge in [0.15, 0.2) is 0 Å². The van der Waals surface area contributed by atoms with Gasteiger partial charge in [0.05, 0.1) is 17.0 Å². The lowest BCUT2D eigenvalue weighted by molar-refractivity contribution is -0.150. The number of rotatable bonds is 3. The maximum atomic E-state index is 13.6. The zero-order chi connectivity index (χ0) is 19.9. The largest absolute Gasteiger partial charge is 0.332 e. The minimum atomic E-state index is -4.16. The molecule has 1 heterocycles. The molecule has 154 valence electrons. The van der Waals surface area contributed by atoms with Gasteiger partial charge in [-0.25, -0.2) is 17.2 Å². The molecule has 0 atom stereocenters. The number of halogens is 2. The van der Waals surface area contributed by atoms with E-state index in [-0.39, 0.29) is 25.0 Å². The fourth-order valence-corrected chi connectivity index (χ4v) is 6.82. The van der Waals surface area contributed by atoms with Crippen LogP contribution in [0.2, 0.25) is 0 Å². The molecule has 1 spiro atoms. The van der Waals surface area contributed by atoms with Crippen molar-refractivity contribution in [3.05, 3.63) is 29.8 Å². The Morgan fingerprint density at radius 3 is 2.14 bits per heavy atom. The molecule has 1 aromatic carbocycles. The average molecular weight is 413 g/mol. The van der Waals surface area contributed by atoms with Crippen molar-refractivity contribution in [1.82, 2.24) is 9.21 Å². The van der Waals surface area contributed by atoms with Crippen LogP contribution in [0.25, 0.3) is 0 Å². The van der Waals surface area contributed by atoms with Crippen LogP contribution in [0.4, 0.5) is 8.78 Å². The smallest absolute Gasteiger partial charge is 0.243 e. The molecular formula is C20H26F2N2O3S. The van der Waals surface area contributed by atoms with Gasteiger partial charge in [-0.2, -0.15) is 4.31 Å². The summed E-state index contributed by atoms with van der Waals surface area (Å²) in [6.45, 7) is -0.0611. The fraction of sp³-hybridized carbons (Fsp3) is 0.650. The van der Waals surface area contributed by atoms with Crippen LogP contribution in [0.5, 0.6) is 0 Å². The Bertz CT molecular complexity index is 842. The standard InChI is InChI=1S/C20H26F2N2O3S/c21-15-10-16(22)12-18(11-15)28(26,27)23-13-19(25)24(17-6-2-3-7-17)20(14-23)8-4-1-5-9-20/h10-12,17H,1-9,13-14H2. The average Bonchev–Trinajstić information content (AvgIpc) is 3.15. The summed E-state index contributed by atoms with van der Waals surface area (Å²) in [5.74, 6) is -2.07. The van der Waals surface area contributed by atoms with E-state index < -0.39 is 32.1 Å². The van der Waals surface area contributed by atoms with Gasteiger partial charge in [-0.05, 0) is 37.8 Å². The number of carbonyl (C=O) groups excluding carboxylic acids is 1. The van der Waals surface area contributed by atoms with Crippen molar-refractivity contribution in [3.8, 4) is 0 Å². The van der Waals surface area contributed by atoms with Crippen molar-refractivity contribution in [2.24, 2.45) is 0 Å². The Kier molecular flexibility index (Phi) is 5.20. The Balaban J connectivity index is 1.69. The van der Waals surface area contributed by atoms with E-state index in [1.54, 1.807) is 0 Å². The van der Waals surface area contributed by atoms with Gasteiger partial charge in [-0.15, -0.1) is 0 Å². The first-order valence-corrected chi connectivity index (χ1v) is 11.5. The lowest BCUT2D eigenvalue weighted by Gasteiger charge is -2.54.